The van der Waals surface area contributed by atoms with Crippen LogP contribution in [-0.4, -0.2) is 47.7 Å². The zero-order valence-electron chi connectivity index (χ0n) is 22.9. The van der Waals surface area contributed by atoms with E-state index in [1.165, 1.54) is 30.3 Å². The van der Waals surface area contributed by atoms with Crippen molar-refractivity contribution in [2.75, 3.05) is 25.1 Å². The number of rotatable bonds is 11. The first-order chi connectivity index (χ1) is 20.6. The zero-order chi connectivity index (χ0) is 31.1. The number of halogens is 3. The Hall–Kier alpha value is -3.87. The van der Waals surface area contributed by atoms with Crippen molar-refractivity contribution in [3.63, 3.8) is 0 Å². The van der Waals surface area contributed by atoms with E-state index >= 15 is 0 Å². The first-order valence-electron chi connectivity index (χ1n) is 13.0. The molecule has 4 rings (SSSR count). The second-order valence-electron chi connectivity index (χ2n) is 8.87. The lowest BCUT2D eigenvalue weighted by atomic mass is 10.1. The normalized spacial score (nSPS) is 13.8. The molecule has 1 fully saturated rings. The second-order valence-corrected chi connectivity index (χ2v) is 11.1. The van der Waals surface area contributed by atoms with Crippen LogP contribution in [0.4, 0.5) is 14.9 Å². The van der Waals surface area contributed by atoms with Crippen molar-refractivity contribution in [2.24, 2.45) is 0 Å². The number of hydrogen-bond acceptors (Lipinski definition) is 8. The van der Waals surface area contributed by atoms with E-state index in [1.54, 1.807) is 44.2 Å². The number of nitrogens with zero attached hydrogens (tertiary/aromatic N) is 1. The summed E-state index contributed by atoms with van der Waals surface area (Å²) < 4.78 is 31.1. The molecule has 0 unspecified atom stereocenters. The average Bonchev–Trinajstić information content (AvgIpc) is 3.21. The van der Waals surface area contributed by atoms with Crippen molar-refractivity contribution in [2.45, 2.75) is 20.5 Å². The van der Waals surface area contributed by atoms with Gasteiger partial charge in [-0.1, -0.05) is 29.8 Å². The molecule has 1 saturated heterocycles. The fraction of sp³-hybridized carbons (Fsp3) is 0.200. The Kier molecular flexibility index (Phi) is 10.8. The van der Waals surface area contributed by atoms with E-state index in [0.29, 0.717) is 45.5 Å². The number of esters is 1. The molecule has 3 amide bonds. The minimum atomic E-state index is -0.654. The lowest BCUT2D eigenvalue weighted by Crippen LogP contribution is -2.36. The summed E-state index contributed by atoms with van der Waals surface area (Å²) in [7, 11) is 0. The van der Waals surface area contributed by atoms with Crippen molar-refractivity contribution in [1.82, 2.24) is 4.90 Å². The van der Waals surface area contributed by atoms with Crippen LogP contribution in [0, 0.1) is 5.82 Å². The monoisotopic (exact) mass is 690 g/mol. The Bertz CT molecular complexity index is 1620. The molecule has 9 nitrogen and oxygen atoms in total. The van der Waals surface area contributed by atoms with Gasteiger partial charge in [-0.3, -0.25) is 19.3 Å². The van der Waals surface area contributed by atoms with Crippen molar-refractivity contribution in [1.29, 1.82) is 0 Å². The first kappa shape index (κ1) is 32.1. The third-order valence-corrected chi connectivity index (χ3v) is 7.71. The minimum absolute atomic E-state index is 0.0359. The highest BCUT2D eigenvalue weighted by Gasteiger charge is 2.36. The molecule has 0 bridgehead atoms. The molecule has 3 aromatic carbocycles. The standard InChI is InChI=1S/C30H25BrClFN2O7S/c1-3-40-24-12-17(11-21(31)27(24)42-16-18-7-5-6-8-23(18)33)13-25-28(37)35(30(39)43-25)15-26(36)34-19-9-10-22(32)20(14-19)29(38)41-4-2/h5-14H,3-4,15-16H2,1-2H3,(H,34,36)/b25-13-. The predicted octanol–water partition coefficient (Wildman–Crippen LogP) is 7.07. The van der Waals surface area contributed by atoms with Gasteiger partial charge in [0.1, 0.15) is 19.0 Å². The number of hydrogen-bond donors (Lipinski definition) is 1. The molecular formula is C30H25BrClFN2O7S. The highest BCUT2D eigenvalue weighted by atomic mass is 79.9. The van der Waals surface area contributed by atoms with Crippen LogP contribution < -0.4 is 14.8 Å². The lowest BCUT2D eigenvalue weighted by molar-refractivity contribution is -0.127. The summed E-state index contributed by atoms with van der Waals surface area (Å²) in [6.07, 6.45) is 1.50. The van der Waals surface area contributed by atoms with Crippen molar-refractivity contribution >= 4 is 74.1 Å². The smallest absolute Gasteiger partial charge is 0.339 e. The Labute approximate surface area is 264 Å². The molecule has 1 N–H and O–H groups in total. The number of nitrogens with one attached hydrogen (secondary N) is 1. The van der Waals surface area contributed by atoms with Crippen LogP contribution in [0.5, 0.6) is 11.5 Å². The summed E-state index contributed by atoms with van der Waals surface area (Å²) in [5, 5.41) is 2.09. The summed E-state index contributed by atoms with van der Waals surface area (Å²) in [6.45, 7) is 3.32. The molecule has 13 heteroatoms. The predicted molar refractivity (Wildman–Crippen MR) is 165 cm³/mol. The first-order valence-corrected chi connectivity index (χ1v) is 14.9. The Morgan fingerprint density at radius 3 is 2.56 bits per heavy atom. The van der Waals surface area contributed by atoms with Crippen LogP contribution in [0.1, 0.15) is 35.3 Å². The van der Waals surface area contributed by atoms with Gasteiger partial charge in [0.15, 0.2) is 11.5 Å². The Morgan fingerprint density at radius 2 is 1.84 bits per heavy atom. The third-order valence-electron chi connectivity index (χ3n) is 5.88. The molecule has 1 aliphatic rings. The highest BCUT2D eigenvalue weighted by molar-refractivity contribution is 9.10. The van der Waals surface area contributed by atoms with Gasteiger partial charge >= 0.3 is 5.97 Å². The van der Waals surface area contributed by atoms with Gasteiger partial charge in [0, 0.05) is 11.3 Å². The number of ether oxygens (including phenoxy) is 3. The van der Waals surface area contributed by atoms with Gasteiger partial charge < -0.3 is 19.5 Å². The van der Waals surface area contributed by atoms with Gasteiger partial charge in [-0.25, -0.2) is 9.18 Å². The molecule has 0 aliphatic carbocycles. The number of amides is 3. The number of carbonyl (C=O) groups is 4. The number of thioether (sulfide) groups is 1. The summed E-state index contributed by atoms with van der Waals surface area (Å²) in [5.74, 6) is -1.65. The molecule has 224 valence electrons. The van der Waals surface area contributed by atoms with Crippen LogP contribution in [0.2, 0.25) is 5.02 Å². The van der Waals surface area contributed by atoms with Gasteiger partial charge in [0.2, 0.25) is 5.91 Å². The van der Waals surface area contributed by atoms with Gasteiger partial charge in [-0.2, -0.15) is 0 Å². The van der Waals surface area contributed by atoms with Gasteiger partial charge in [0.25, 0.3) is 11.1 Å². The maximum Gasteiger partial charge on any atom is 0.339 e. The highest BCUT2D eigenvalue weighted by Crippen LogP contribution is 2.40. The van der Waals surface area contributed by atoms with Crippen molar-refractivity contribution < 1.29 is 37.8 Å². The third kappa shape index (κ3) is 7.95. The van der Waals surface area contributed by atoms with E-state index in [9.17, 15) is 23.6 Å². The van der Waals surface area contributed by atoms with E-state index in [0.717, 1.165) is 4.90 Å². The molecular weight excluding hydrogens is 667 g/mol. The van der Waals surface area contributed by atoms with Crippen LogP contribution in [-0.2, 0) is 20.9 Å². The summed E-state index contributed by atoms with van der Waals surface area (Å²) in [4.78, 5) is 51.5. The minimum Gasteiger partial charge on any atom is -0.490 e. The van der Waals surface area contributed by atoms with E-state index in [1.807, 2.05) is 0 Å². The van der Waals surface area contributed by atoms with Crippen molar-refractivity contribution in [3.8, 4) is 11.5 Å². The lowest BCUT2D eigenvalue weighted by Gasteiger charge is -2.15. The number of imide groups is 1. The molecule has 0 saturated carbocycles. The number of carbonyl (C=O) groups excluding carboxylic acids is 4. The Balaban J connectivity index is 1.47. The average molecular weight is 692 g/mol. The van der Waals surface area contributed by atoms with Crippen LogP contribution in [0.25, 0.3) is 6.08 Å². The molecule has 3 aromatic rings. The van der Waals surface area contributed by atoms with Crippen LogP contribution in [0.15, 0.2) is 64.0 Å². The Morgan fingerprint density at radius 1 is 1.07 bits per heavy atom. The van der Waals surface area contributed by atoms with Crippen LogP contribution >= 0.6 is 39.3 Å². The van der Waals surface area contributed by atoms with E-state index in [2.05, 4.69) is 21.2 Å². The summed E-state index contributed by atoms with van der Waals surface area (Å²) >= 11 is 10.2. The fourth-order valence-corrected chi connectivity index (χ4v) is 5.55. The second kappa shape index (κ2) is 14.5. The number of benzene rings is 3. The van der Waals surface area contributed by atoms with Crippen molar-refractivity contribution in [3.05, 3.63) is 91.5 Å². The molecule has 43 heavy (non-hydrogen) atoms. The summed E-state index contributed by atoms with van der Waals surface area (Å²) in [6, 6.07) is 13.8. The number of anilines is 1. The SMILES string of the molecule is CCOC(=O)c1cc(NC(=O)CN2C(=O)S/C(=C\c3cc(Br)c(OCc4ccccc4F)c(OCC)c3)C2=O)ccc1Cl. The quantitative estimate of drug-likeness (QED) is 0.168. The van der Waals surface area contributed by atoms with Gasteiger partial charge in [0.05, 0.1) is 33.2 Å². The van der Waals surface area contributed by atoms with Gasteiger partial charge in [-0.15, -0.1) is 0 Å². The molecule has 1 aliphatic heterocycles. The molecule has 0 aromatic heterocycles. The molecule has 0 spiro atoms. The fourth-order valence-electron chi connectivity index (χ4n) is 3.94. The van der Waals surface area contributed by atoms with Crippen LogP contribution in [0.3, 0.4) is 0 Å². The molecule has 0 radical (unpaired) electrons. The van der Waals surface area contributed by atoms with Gasteiger partial charge in [-0.05, 0) is 89.6 Å². The largest absolute Gasteiger partial charge is 0.490 e. The summed E-state index contributed by atoms with van der Waals surface area (Å²) in [5.41, 5.74) is 1.20. The molecule has 1 heterocycles. The van der Waals surface area contributed by atoms with E-state index in [4.69, 9.17) is 25.8 Å². The zero-order valence-corrected chi connectivity index (χ0v) is 26.1. The molecule has 0 atom stereocenters. The van der Waals surface area contributed by atoms with E-state index < -0.39 is 35.4 Å². The maximum atomic E-state index is 14.1. The van der Waals surface area contributed by atoms with E-state index in [-0.39, 0.29) is 34.4 Å². The maximum absolute atomic E-state index is 14.1. The topological polar surface area (TPSA) is 111 Å².